The monoisotopic (exact) mass is 217 g/mol. The Balaban J connectivity index is 2.68. The van der Waals surface area contributed by atoms with Gasteiger partial charge in [-0.2, -0.15) is 0 Å². The van der Waals surface area contributed by atoms with E-state index in [0.717, 1.165) is 17.8 Å². The molecule has 0 aliphatic carbocycles. The molecule has 2 rings (SSSR count). The van der Waals surface area contributed by atoms with Crippen molar-refractivity contribution < 1.29 is 0 Å². The van der Waals surface area contributed by atoms with Gasteiger partial charge in [-0.15, -0.1) is 0 Å². The number of imidazole rings is 1. The van der Waals surface area contributed by atoms with Crippen LogP contribution in [0.15, 0.2) is 24.3 Å². The van der Waals surface area contributed by atoms with Crippen LogP contribution in [0.3, 0.4) is 0 Å². The Morgan fingerprint density at radius 2 is 2.00 bits per heavy atom. The molecule has 1 unspecified atom stereocenters. The highest BCUT2D eigenvalue weighted by molar-refractivity contribution is 5.76. The second kappa shape index (κ2) is 4.26. The second-order valence-corrected chi connectivity index (χ2v) is 4.44. The summed E-state index contributed by atoms with van der Waals surface area (Å²) >= 11 is 0. The number of aromatic nitrogens is 2. The van der Waals surface area contributed by atoms with Gasteiger partial charge in [0.25, 0.3) is 0 Å². The SMILES string of the molecule is CCC(N)c1nc2ccccc2n1C(C)C. The zero-order valence-electron chi connectivity index (χ0n) is 10.1. The van der Waals surface area contributed by atoms with Crippen LogP contribution in [-0.2, 0) is 0 Å². The highest BCUT2D eigenvalue weighted by atomic mass is 15.1. The summed E-state index contributed by atoms with van der Waals surface area (Å²) in [6, 6.07) is 8.62. The van der Waals surface area contributed by atoms with Crippen LogP contribution in [0.5, 0.6) is 0 Å². The average Bonchev–Trinajstić information content (AvgIpc) is 2.67. The van der Waals surface area contributed by atoms with Gasteiger partial charge in [-0.25, -0.2) is 4.98 Å². The van der Waals surface area contributed by atoms with Crippen molar-refractivity contribution in [2.45, 2.75) is 39.3 Å². The lowest BCUT2D eigenvalue weighted by Crippen LogP contribution is -2.17. The van der Waals surface area contributed by atoms with Crippen molar-refractivity contribution in [3.8, 4) is 0 Å². The van der Waals surface area contributed by atoms with E-state index < -0.39 is 0 Å². The van der Waals surface area contributed by atoms with Gasteiger partial charge in [0, 0.05) is 6.04 Å². The lowest BCUT2D eigenvalue weighted by molar-refractivity contribution is 0.535. The Morgan fingerprint density at radius 1 is 1.31 bits per heavy atom. The molecule has 2 aromatic rings. The van der Waals surface area contributed by atoms with E-state index in [0.29, 0.717) is 6.04 Å². The minimum Gasteiger partial charge on any atom is -0.324 e. The lowest BCUT2D eigenvalue weighted by Gasteiger charge is -2.16. The molecule has 1 aromatic heterocycles. The van der Waals surface area contributed by atoms with Crippen LogP contribution >= 0.6 is 0 Å². The smallest absolute Gasteiger partial charge is 0.127 e. The zero-order chi connectivity index (χ0) is 11.7. The van der Waals surface area contributed by atoms with E-state index in [1.807, 2.05) is 18.2 Å². The molecule has 0 aliphatic heterocycles. The van der Waals surface area contributed by atoms with Crippen molar-refractivity contribution in [3.63, 3.8) is 0 Å². The summed E-state index contributed by atoms with van der Waals surface area (Å²) in [6.45, 7) is 6.43. The molecule has 0 spiro atoms. The third-order valence-electron chi connectivity index (χ3n) is 2.91. The Hall–Kier alpha value is -1.35. The fourth-order valence-corrected chi connectivity index (χ4v) is 2.05. The fraction of sp³-hybridized carbons (Fsp3) is 0.462. The molecule has 1 aromatic carbocycles. The molecule has 16 heavy (non-hydrogen) atoms. The first-order valence-electron chi connectivity index (χ1n) is 5.87. The minimum absolute atomic E-state index is 0.0230. The summed E-state index contributed by atoms with van der Waals surface area (Å²) in [5.41, 5.74) is 8.33. The number of hydrogen-bond donors (Lipinski definition) is 1. The van der Waals surface area contributed by atoms with Crippen LogP contribution in [0.2, 0.25) is 0 Å². The third kappa shape index (κ3) is 1.71. The summed E-state index contributed by atoms with van der Waals surface area (Å²) in [7, 11) is 0. The zero-order valence-corrected chi connectivity index (χ0v) is 10.1. The lowest BCUT2D eigenvalue weighted by atomic mass is 10.2. The number of rotatable bonds is 3. The van der Waals surface area contributed by atoms with Crippen LogP contribution in [0, 0.1) is 0 Å². The number of fused-ring (bicyclic) bond motifs is 1. The van der Waals surface area contributed by atoms with Crippen molar-refractivity contribution in [3.05, 3.63) is 30.1 Å². The quantitative estimate of drug-likeness (QED) is 0.858. The molecular weight excluding hydrogens is 198 g/mol. The maximum atomic E-state index is 6.11. The van der Waals surface area contributed by atoms with Gasteiger partial charge in [0.05, 0.1) is 17.1 Å². The molecular formula is C13H19N3. The first-order chi connectivity index (χ1) is 7.65. The van der Waals surface area contributed by atoms with E-state index in [1.54, 1.807) is 0 Å². The van der Waals surface area contributed by atoms with E-state index in [-0.39, 0.29) is 6.04 Å². The molecule has 1 heterocycles. The summed E-state index contributed by atoms with van der Waals surface area (Å²) in [5, 5.41) is 0. The first-order valence-corrected chi connectivity index (χ1v) is 5.87. The van der Waals surface area contributed by atoms with Crippen molar-refractivity contribution in [2.24, 2.45) is 5.73 Å². The highest BCUT2D eigenvalue weighted by Gasteiger charge is 2.16. The predicted octanol–water partition coefficient (Wildman–Crippen LogP) is 3.03. The van der Waals surface area contributed by atoms with Crippen molar-refractivity contribution in [2.75, 3.05) is 0 Å². The van der Waals surface area contributed by atoms with Gasteiger partial charge in [0.15, 0.2) is 0 Å². The maximum Gasteiger partial charge on any atom is 0.127 e. The van der Waals surface area contributed by atoms with Crippen LogP contribution in [-0.4, -0.2) is 9.55 Å². The average molecular weight is 217 g/mol. The summed E-state index contributed by atoms with van der Waals surface area (Å²) in [6.07, 6.45) is 0.913. The topological polar surface area (TPSA) is 43.8 Å². The van der Waals surface area contributed by atoms with E-state index in [1.165, 1.54) is 5.52 Å². The molecule has 2 N–H and O–H groups in total. The van der Waals surface area contributed by atoms with Gasteiger partial charge in [-0.05, 0) is 32.4 Å². The molecule has 0 radical (unpaired) electrons. The third-order valence-corrected chi connectivity index (χ3v) is 2.91. The van der Waals surface area contributed by atoms with Gasteiger partial charge < -0.3 is 10.3 Å². The highest BCUT2D eigenvalue weighted by Crippen LogP contribution is 2.24. The Bertz CT molecular complexity index is 485. The molecule has 0 saturated heterocycles. The van der Waals surface area contributed by atoms with Crippen LogP contribution < -0.4 is 5.73 Å². The summed E-state index contributed by atoms with van der Waals surface area (Å²) in [4.78, 5) is 4.64. The maximum absolute atomic E-state index is 6.11. The molecule has 0 fully saturated rings. The number of nitrogens with two attached hydrogens (primary N) is 1. The number of nitrogens with zero attached hydrogens (tertiary/aromatic N) is 2. The number of para-hydroxylation sites is 2. The molecule has 86 valence electrons. The Morgan fingerprint density at radius 3 is 2.62 bits per heavy atom. The fourth-order valence-electron chi connectivity index (χ4n) is 2.05. The first kappa shape index (κ1) is 11.1. The summed E-state index contributed by atoms with van der Waals surface area (Å²) in [5.74, 6) is 0.999. The molecule has 0 bridgehead atoms. The van der Waals surface area contributed by atoms with E-state index in [2.05, 4.69) is 36.4 Å². The standard InChI is InChI=1S/C13H19N3/c1-4-10(14)13-15-11-7-5-6-8-12(11)16(13)9(2)3/h5-10H,4,14H2,1-3H3. The van der Waals surface area contributed by atoms with Crippen molar-refractivity contribution in [1.82, 2.24) is 9.55 Å². The van der Waals surface area contributed by atoms with Gasteiger partial charge in [0.2, 0.25) is 0 Å². The van der Waals surface area contributed by atoms with E-state index in [4.69, 9.17) is 5.73 Å². The van der Waals surface area contributed by atoms with Crippen molar-refractivity contribution >= 4 is 11.0 Å². The van der Waals surface area contributed by atoms with E-state index >= 15 is 0 Å². The molecule has 0 aliphatic rings. The van der Waals surface area contributed by atoms with Crippen molar-refractivity contribution in [1.29, 1.82) is 0 Å². The van der Waals surface area contributed by atoms with Gasteiger partial charge >= 0.3 is 0 Å². The van der Waals surface area contributed by atoms with Crippen LogP contribution in [0.25, 0.3) is 11.0 Å². The molecule has 3 heteroatoms. The normalized spacial score (nSPS) is 13.6. The Kier molecular flexibility index (Phi) is 2.97. The van der Waals surface area contributed by atoms with Crippen LogP contribution in [0.1, 0.15) is 45.1 Å². The van der Waals surface area contributed by atoms with Gasteiger partial charge in [-0.3, -0.25) is 0 Å². The second-order valence-electron chi connectivity index (χ2n) is 4.44. The minimum atomic E-state index is 0.0230. The predicted molar refractivity (Wildman–Crippen MR) is 67.3 cm³/mol. The van der Waals surface area contributed by atoms with Gasteiger partial charge in [-0.1, -0.05) is 19.1 Å². The Labute approximate surface area is 96.3 Å². The van der Waals surface area contributed by atoms with E-state index in [9.17, 15) is 0 Å². The molecule has 3 nitrogen and oxygen atoms in total. The molecule has 1 atom stereocenters. The number of hydrogen-bond acceptors (Lipinski definition) is 2. The van der Waals surface area contributed by atoms with Crippen LogP contribution in [0.4, 0.5) is 0 Å². The molecule has 0 saturated carbocycles. The molecule has 0 amide bonds. The van der Waals surface area contributed by atoms with Gasteiger partial charge in [0.1, 0.15) is 5.82 Å². The number of benzene rings is 1. The largest absolute Gasteiger partial charge is 0.324 e. The summed E-state index contributed by atoms with van der Waals surface area (Å²) < 4.78 is 2.24.